The third kappa shape index (κ3) is 2.20. The highest BCUT2D eigenvalue weighted by Gasteiger charge is 2.50. The lowest BCUT2D eigenvalue weighted by molar-refractivity contribution is -0.133. The van der Waals surface area contributed by atoms with Crippen LogP contribution in [-0.2, 0) is 19.0 Å². The second-order valence-corrected chi connectivity index (χ2v) is 7.15. The van der Waals surface area contributed by atoms with Crippen molar-refractivity contribution in [1.29, 1.82) is 0 Å². The molecule has 0 spiro atoms. The zero-order valence-corrected chi connectivity index (χ0v) is 14.1. The minimum absolute atomic E-state index is 0.235. The molecule has 3 saturated heterocycles. The van der Waals surface area contributed by atoms with Crippen molar-refractivity contribution in [2.45, 2.75) is 51.7 Å². The zero-order chi connectivity index (χ0) is 16.1. The normalized spacial score (nSPS) is 40.6. The summed E-state index contributed by atoms with van der Waals surface area (Å²) < 4.78 is 17.2. The highest BCUT2D eigenvalue weighted by Crippen LogP contribution is 2.48. The van der Waals surface area contributed by atoms with Gasteiger partial charge in [-0.3, -0.25) is 4.90 Å². The summed E-state index contributed by atoms with van der Waals surface area (Å²) in [5.41, 5.74) is 0.528. The summed E-state index contributed by atoms with van der Waals surface area (Å²) >= 11 is 0. The Hall–Kier alpha value is -1.49. The van der Waals surface area contributed by atoms with Gasteiger partial charge in [0.1, 0.15) is 11.9 Å². The zero-order valence-electron chi connectivity index (χ0n) is 14.1. The number of hydrogen-bond donors (Lipinski definition) is 0. The average Bonchev–Trinajstić information content (AvgIpc) is 3.15. The van der Waals surface area contributed by atoms with Crippen LogP contribution in [0.5, 0.6) is 0 Å². The second-order valence-electron chi connectivity index (χ2n) is 7.15. The fourth-order valence-corrected chi connectivity index (χ4v) is 4.89. The number of carbonyl (C=O) groups is 1. The van der Waals surface area contributed by atoms with E-state index in [1.54, 1.807) is 14.0 Å². The van der Waals surface area contributed by atoms with Crippen LogP contribution in [0.1, 0.15) is 39.5 Å². The van der Waals surface area contributed by atoms with Crippen LogP contribution in [0.25, 0.3) is 0 Å². The summed E-state index contributed by atoms with van der Waals surface area (Å²) in [5.74, 6) is 2.28. The molecule has 0 bridgehead atoms. The summed E-state index contributed by atoms with van der Waals surface area (Å²) in [7, 11) is 1.58. The van der Waals surface area contributed by atoms with Crippen molar-refractivity contribution in [2.24, 2.45) is 11.8 Å². The van der Waals surface area contributed by atoms with E-state index in [2.05, 4.69) is 11.8 Å². The van der Waals surface area contributed by atoms with Gasteiger partial charge in [0.05, 0.1) is 12.7 Å². The molecule has 4 rings (SSSR count). The van der Waals surface area contributed by atoms with Gasteiger partial charge in [-0.2, -0.15) is 0 Å². The Morgan fingerprint density at radius 1 is 1.22 bits per heavy atom. The van der Waals surface area contributed by atoms with Gasteiger partial charge in [-0.05, 0) is 45.7 Å². The fraction of sp³-hybridized carbons (Fsp3) is 0.722. The molecule has 4 heterocycles. The molecule has 0 aromatic heterocycles. The largest absolute Gasteiger partial charge is 0.492 e. The van der Waals surface area contributed by atoms with E-state index in [-0.39, 0.29) is 18.0 Å². The van der Waals surface area contributed by atoms with Gasteiger partial charge in [0.2, 0.25) is 5.76 Å². The maximum atomic E-state index is 11.9. The third-order valence-electron chi connectivity index (χ3n) is 5.97. The Morgan fingerprint density at radius 2 is 1.96 bits per heavy atom. The molecule has 5 heteroatoms. The van der Waals surface area contributed by atoms with E-state index in [0.717, 1.165) is 12.2 Å². The Kier molecular flexibility index (Phi) is 3.63. The van der Waals surface area contributed by atoms with Gasteiger partial charge in [0.15, 0.2) is 5.76 Å². The van der Waals surface area contributed by atoms with Crippen LogP contribution in [0.15, 0.2) is 22.9 Å². The first-order valence-electron chi connectivity index (χ1n) is 8.74. The van der Waals surface area contributed by atoms with Crippen molar-refractivity contribution in [3.63, 3.8) is 0 Å². The highest BCUT2D eigenvalue weighted by atomic mass is 16.6. The molecule has 0 N–H and O–H groups in total. The molecule has 4 aliphatic rings. The molecule has 0 aliphatic carbocycles. The van der Waals surface area contributed by atoms with Crippen molar-refractivity contribution in [1.82, 2.24) is 4.90 Å². The number of allylic oxidation sites excluding steroid dienone is 1. The van der Waals surface area contributed by atoms with Crippen molar-refractivity contribution >= 4 is 5.97 Å². The lowest BCUT2D eigenvalue weighted by Crippen LogP contribution is -2.38. The van der Waals surface area contributed by atoms with Gasteiger partial charge < -0.3 is 14.2 Å². The molecule has 3 fully saturated rings. The number of rotatable bonds is 1. The van der Waals surface area contributed by atoms with Gasteiger partial charge in [-0.1, -0.05) is 6.92 Å². The van der Waals surface area contributed by atoms with Gasteiger partial charge in [-0.15, -0.1) is 0 Å². The first-order valence-corrected chi connectivity index (χ1v) is 8.74. The number of nitrogens with zero attached hydrogens (tertiary/aromatic N) is 1. The van der Waals surface area contributed by atoms with Crippen LogP contribution in [0.4, 0.5) is 0 Å². The number of fused-ring (bicyclic) bond motifs is 3. The molecule has 0 saturated carbocycles. The summed E-state index contributed by atoms with van der Waals surface area (Å²) in [6.07, 6.45) is 5.03. The van der Waals surface area contributed by atoms with Crippen molar-refractivity contribution in [3.8, 4) is 0 Å². The van der Waals surface area contributed by atoms with E-state index in [1.807, 2.05) is 0 Å². The summed E-state index contributed by atoms with van der Waals surface area (Å²) in [6.45, 7) is 6.36. The van der Waals surface area contributed by atoms with E-state index in [0.29, 0.717) is 29.1 Å². The van der Waals surface area contributed by atoms with Crippen molar-refractivity contribution in [2.75, 3.05) is 20.2 Å². The number of carbonyl (C=O) groups excluding carboxylic acids is 1. The molecule has 126 valence electrons. The monoisotopic (exact) mass is 319 g/mol. The Labute approximate surface area is 137 Å². The SMILES string of the molecule is COC1=C(C)C(=O)OC1=C1OC2CCCN3CCCC3C2C1C. The van der Waals surface area contributed by atoms with Crippen LogP contribution in [0.2, 0.25) is 0 Å². The number of cyclic esters (lactones) is 1. The Morgan fingerprint density at radius 3 is 2.70 bits per heavy atom. The first kappa shape index (κ1) is 15.1. The maximum Gasteiger partial charge on any atom is 0.343 e. The van der Waals surface area contributed by atoms with E-state index in [9.17, 15) is 4.79 Å². The van der Waals surface area contributed by atoms with Gasteiger partial charge >= 0.3 is 5.97 Å². The van der Waals surface area contributed by atoms with Crippen LogP contribution in [0.3, 0.4) is 0 Å². The van der Waals surface area contributed by atoms with Crippen LogP contribution < -0.4 is 0 Å². The summed E-state index contributed by atoms with van der Waals surface area (Å²) in [4.78, 5) is 14.5. The number of methoxy groups -OCH3 is 1. The quantitative estimate of drug-likeness (QED) is 0.695. The van der Waals surface area contributed by atoms with Crippen molar-refractivity contribution < 1.29 is 19.0 Å². The first-order chi connectivity index (χ1) is 11.1. The highest BCUT2D eigenvalue weighted by molar-refractivity contribution is 5.93. The topological polar surface area (TPSA) is 48.0 Å². The Bertz CT molecular complexity index is 594. The summed E-state index contributed by atoms with van der Waals surface area (Å²) in [5, 5.41) is 0. The van der Waals surface area contributed by atoms with Gasteiger partial charge in [-0.25, -0.2) is 4.79 Å². The molecule has 0 aromatic rings. The van der Waals surface area contributed by atoms with Crippen molar-refractivity contribution in [3.05, 3.63) is 22.9 Å². The standard InChI is InChI=1S/C18H25NO4/c1-10-14-12-6-4-8-19(12)9-5-7-13(14)22-16(10)17-15(21-3)11(2)18(20)23-17/h10,12-14H,4-9H2,1-3H3. The molecule has 23 heavy (non-hydrogen) atoms. The van der Waals surface area contributed by atoms with Gasteiger partial charge in [0.25, 0.3) is 0 Å². The smallest absolute Gasteiger partial charge is 0.343 e. The predicted octanol–water partition coefficient (Wildman–Crippen LogP) is 2.58. The minimum atomic E-state index is -0.324. The minimum Gasteiger partial charge on any atom is -0.492 e. The molecule has 4 atom stereocenters. The predicted molar refractivity (Wildman–Crippen MR) is 84.2 cm³/mol. The molecular weight excluding hydrogens is 294 g/mol. The van der Waals surface area contributed by atoms with E-state index < -0.39 is 0 Å². The molecular formula is C18H25NO4. The van der Waals surface area contributed by atoms with Gasteiger partial charge in [0, 0.05) is 17.9 Å². The third-order valence-corrected chi connectivity index (χ3v) is 5.97. The number of hydrogen-bond acceptors (Lipinski definition) is 5. The fourth-order valence-electron chi connectivity index (χ4n) is 4.89. The number of ether oxygens (including phenoxy) is 3. The number of esters is 1. The lowest BCUT2D eigenvalue weighted by atomic mass is 9.82. The molecule has 4 aliphatic heterocycles. The van der Waals surface area contributed by atoms with E-state index >= 15 is 0 Å². The van der Waals surface area contributed by atoms with Crippen LogP contribution >= 0.6 is 0 Å². The van der Waals surface area contributed by atoms with E-state index in [1.165, 1.54) is 32.4 Å². The molecule has 0 radical (unpaired) electrons. The molecule has 0 aromatic carbocycles. The Balaban J connectivity index is 1.71. The van der Waals surface area contributed by atoms with Crippen LogP contribution in [0, 0.1) is 11.8 Å². The van der Waals surface area contributed by atoms with E-state index in [4.69, 9.17) is 14.2 Å². The average molecular weight is 319 g/mol. The van der Waals surface area contributed by atoms with Crippen LogP contribution in [-0.4, -0.2) is 43.2 Å². The summed E-state index contributed by atoms with van der Waals surface area (Å²) in [6, 6.07) is 0.601. The molecule has 0 amide bonds. The maximum absolute atomic E-state index is 11.9. The lowest BCUT2D eigenvalue weighted by Gasteiger charge is -2.29. The second kappa shape index (κ2) is 5.55. The molecule has 5 nitrogen and oxygen atoms in total. The molecule has 4 unspecified atom stereocenters.